The minimum absolute atomic E-state index is 0.0715. The summed E-state index contributed by atoms with van der Waals surface area (Å²) in [6, 6.07) is 0.808. The number of alkyl halides is 2. The third-order valence-corrected chi connectivity index (χ3v) is 1.97. The van der Waals surface area contributed by atoms with E-state index in [-0.39, 0.29) is 17.7 Å². The average molecular weight is 234 g/mol. The molecule has 16 heavy (non-hydrogen) atoms. The van der Waals surface area contributed by atoms with Crippen LogP contribution in [0.25, 0.3) is 0 Å². The van der Waals surface area contributed by atoms with E-state index in [2.05, 4.69) is 4.98 Å². The lowest BCUT2D eigenvalue weighted by molar-refractivity contribution is -0.136. The van der Waals surface area contributed by atoms with Crippen molar-refractivity contribution in [3.05, 3.63) is 28.8 Å². The number of carboxylic acids is 1. The van der Waals surface area contributed by atoms with Crippen molar-refractivity contribution < 1.29 is 23.1 Å². The maximum absolute atomic E-state index is 12.9. The molecular formula is C9H9F3N2O2. The van der Waals surface area contributed by atoms with Gasteiger partial charge in [0.1, 0.15) is 5.69 Å². The predicted molar refractivity (Wildman–Crippen MR) is 48.4 cm³/mol. The highest BCUT2D eigenvalue weighted by Gasteiger charge is 2.20. The first-order valence-corrected chi connectivity index (χ1v) is 4.34. The van der Waals surface area contributed by atoms with Crippen molar-refractivity contribution in [2.45, 2.75) is 19.4 Å². The Kier molecular flexibility index (Phi) is 3.83. The predicted octanol–water partition coefficient (Wildman–Crippen LogP) is 1.24. The molecule has 0 unspecified atom stereocenters. The molecule has 0 saturated heterocycles. The molecule has 0 atom stereocenters. The molecule has 3 N–H and O–H groups in total. The lowest BCUT2D eigenvalue weighted by Crippen LogP contribution is -2.13. The van der Waals surface area contributed by atoms with E-state index in [1.807, 2.05) is 0 Å². The number of carboxylic acid groups (broad SMARTS) is 1. The van der Waals surface area contributed by atoms with Gasteiger partial charge in [-0.15, -0.1) is 0 Å². The van der Waals surface area contributed by atoms with Gasteiger partial charge in [0.15, 0.2) is 0 Å². The average Bonchev–Trinajstić information content (AvgIpc) is 2.15. The van der Waals surface area contributed by atoms with Crippen LogP contribution in [0.5, 0.6) is 0 Å². The van der Waals surface area contributed by atoms with Gasteiger partial charge in [-0.3, -0.25) is 4.79 Å². The Labute approximate surface area is 88.9 Å². The lowest BCUT2D eigenvalue weighted by atomic mass is 10.0. The molecule has 0 spiro atoms. The van der Waals surface area contributed by atoms with Gasteiger partial charge in [0.25, 0.3) is 6.43 Å². The first-order valence-electron chi connectivity index (χ1n) is 4.34. The molecule has 0 radical (unpaired) electrons. The van der Waals surface area contributed by atoms with Crippen LogP contribution in [0.4, 0.5) is 13.2 Å². The molecule has 0 aromatic carbocycles. The van der Waals surface area contributed by atoms with Crippen LogP contribution in [0.2, 0.25) is 0 Å². The number of aliphatic carboxylic acids is 1. The summed E-state index contributed by atoms with van der Waals surface area (Å²) >= 11 is 0. The van der Waals surface area contributed by atoms with E-state index < -0.39 is 30.5 Å². The largest absolute Gasteiger partial charge is 0.481 e. The van der Waals surface area contributed by atoms with Crippen LogP contribution in [0.3, 0.4) is 0 Å². The fraction of sp³-hybridized carbons (Fsp3) is 0.333. The number of pyridine rings is 1. The van der Waals surface area contributed by atoms with E-state index in [4.69, 9.17) is 10.8 Å². The Morgan fingerprint density at radius 3 is 2.62 bits per heavy atom. The van der Waals surface area contributed by atoms with Crippen molar-refractivity contribution in [1.29, 1.82) is 0 Å². The standard InChI is InChI=1S/C9H9F3N2O2/c10-6-1-4(2-7(15)16)5(3-13)8(14-6)9(11)12/h1,9H,2-3,13H2,(H,15,16). The van der Waals surface area contributed by atoms with E-state index in [0.717, 1.165) is 6.07 Å². The van der Waals surface area contributed by atoms with Gasteiger partial charge >= 0.3 is 5.97 Å². The molecule has 0 saturated carbocycles. The molecule has 0 amide bonds. The van der Waals surface area contributed by atoms with Gasteiger partial charge in [0.2, 0.25) is 5.95 Å². The summed E-state index contributed by atoms with van der Waals surface area (Å²) in [5, 5.41) is 8.54. The van der Waals surface area contributed by atoms with E-state index in [9.17, 15) is 18.0 Å². The van der Waals surface area contributed by atoms with Gasteiger partial charge in [0.05, 0.1) is 6.42 Å². The van der Waals surface area contributed by atoms with Crippen LogP contribution in [-0.2, 0) is 17.8 Å². The molecule has 1 heterocycles. The SMILES string of the molecule is NCc1c(CC(=O)O)cc(F)nc1C(F)F. The van der Waals surface area contributed by atoms with Crippen LogP contribution < -0.4 is 5.73 Å². The molecule has 88 valence electrons. The normalized spacial score (nSPS) is 10.8. The molecule has 0 fully saturated rings. The second-order valence-corrected chi connectivity index (χ2v) is 3.04. The Balaban J connectivity index is 3.29. The summed E-state index contributed by atoms with van der Waals surface area (Å²) < 4.78 is 37.8. The van der Waals surface area contributed by atoms with Crippen LogP contribution in [0.15, 0.2) is 6.07 Å². The molecule has 1 aromatic rings. The van der Waals surface area contributed by atoms with Crippen molar-refractivity contribution in [3.63, 3.8) is 0 Å². The van der Waals surface area contributed by atoms with Crippen LogP contribution in [0, 0.1) is 5.95 Å². The zero-order valence-electron chi connectivity index (χ0n) is 8.08. The van der Waals surface area contributed by atoms with Gasteiger partial charge in [0, 0.05) is 6.54 Å². The fourth-order valence-corrected chi connectivity index (χ4v) is 1.35. The van der Waals surface area contributed by atoms with E-state index in [1.165, 1.54) is 0 Å². The van der Waals surface area contributed by atoms with Crippen LogP contribution >= 0.6 is 0 Å². The van der Waals surface area contributed by atoms with Crippen molar-refractivity contribution in [1.82, 2.24) is 4.98 Å². The maximum Gasteiger partial charge on any atom is 0.307 e. The molecule has 0 aliphatic rings. The number of halogens is 3. The summed E-state index contributed by atoms with van der Waals surface area (Å²) in [5.41, 5.74) is 4.25. The second-order valence-electron chi connectivity index (χ2n) is 3.04. The highest BCUT2D eigenvalue weighted by Crippen LogP contribution is 2.24. The zero-order valence-corrected chi connectivity index (χ0v) is 8.08. The fourth-order valence-electron chi connectivity index (χ4n) is 1.35. The number of nitrogens with zero attached hydrogens (tertiary/aromatic N) is 1. The zero-order chi connectivity index (χ0) is 12.3. The highest BCUT2D eigenvalue weighted by molar-refractivity contribution is 5.70. The minimum atomic E-state index is -2.98. The lowest BCUT2D eigenvalue weighted by Gasteiger charge is -2.10. The van der Waals surface area contributed by atoms with Crippen LogP contribution in [0.1, 0.15) is 23.2 Å². The number of carbonyl (C=O) groups is 1. The molecule has 4 nitrogen and oxygen atoms in total. The maximum atomic E-state index is 12.9. The number of hydrogen-bond donors (Lipinski definition) is 2. The smallest absolute Gasteiger partial charge is 0.307 e. The Bertz CT molecular complexity index is 410. The topological polar surface area (TPSA) is 76.2 Å². The molecule has 1 rings (SSSR count). The van der Waals surface area contributed by atoms with Gasteiger partial charge in [-0.05, 0) is 17.2 Å². The van der Waals surface area contributed by atoms with E-state index >= 15 is 0 Å². The van der Waals surface area contributed by atoms with Gasteiger partial charge in [-0.1, -0.05) is 0 Å². The monoisotopic (exact) mass is 234 g/mol. The van der Waals surface area contributed by atoms with Gasteiger partial charge in [-0.2, -0.15) is 4.39 Å². The highest BCUT2D eigenvalue weighted by atomic mass is 19.3. The van der Waals surface area contributed by atoms with Crippen molar-refractivity contribution in [3.8, 4) is 0 Å². The molecule has 0 aliphatic carbocycles. The summed E-state index contributed by atoms with van der Waals surface area (Å²) in [4.78, 5) is 13.5. The van der Waals surface area contributed by atoms with Crippen molar-refractivity contribution >= 4 is 5.97 Å². The summed E-state index contributed by atoms with van der Waals surface area (Å²) in [6.45, 7) is -0.310. The first kappa shape index (κ1) is 12.4. The summed E-state index contributed by atoms with van der Waals surface area (Å²) in [7, 11) is 0. The Morgan fingerprint density at radius 2 is 2.19 bits per heavy atom. The van der Waals surface area contributed by atoms with Gasteiger partial charge < -0.3 is 10.8 Å². The minimum Gasteiger partial charge on any atom is -0.481 e. The molecule has 0 bridgehead atoms. The summed E-state index contributed by atoms with van der Waals surface area (Å²) in [5.74, 6) is -2.38. The van der Waals surface area contributed by atoms with Crippen molar-refractivity contribution in [2.24, 2.45) is 5.73 Å². The third-order valence-electron chi connectivity index (χ3n) is 1.97. The van der Waals surface area contributed by atoms with Gasteiger partial charge in [-0.25, -0.2) is 13.8 Å². The van der Waals surface area contributed by atoms with Crippen molar-refractivity contribution in [2.75, 3.05) is 0 Å². The number of hydrogen-bond acceptors (Lipinski definition) is 3. The Hall–Kier alpha value is -1.63. The van der Waals surface area contributed by atoms with Crippen LogP contribution in [-0.4, -0.2) is 16.1 Å². The number of nitrogens with two attached hydrogens (primary N) is 1. The first-order chi connectivity index (χ1) is 7.45. The molecule has 1 aromatic heterocycles. The molecular weight excluding hydrogens is 225 g/mol. The third kappa shape index (κ3) is 2.69. The number of rotatable bonds is 4. The molecule has 7 heteroatoms. The Morgan fingerprint density at radius 1 is 1.56 bits per heavy atom. The quantitative estimate of drug-likeness (QED) is 0.768. The number of aromatic nitrogens is 1. The molecule has 0 aliphatic heterocycles. The second kappa shape index (κ2) is 4.93. The summed E-state index contributed by atoms with van der Waals surface area (Å²) in [6.07, 6.45) is -3.55. The van der Waals surface area contributed by atoms with E-state index in [0.29, 0.717) is 0 Å². The van der Waals surface area contributed by atoms with E-state index in [1.54, 1.807) is 0 Å².